The minimum atomic E-state index is -0.525. The van der Waals surface area contributed by atoms with E-state index in [1.54, 1.807) is 0 Å². The van der Waals surface area contributed by atoms with E-state index in [4.69, 9.17) is 0 Å². The van der Waals surface area contributed by atoms with E-state index in [9.17, 15) is 9.90 Å². The van der Waals surface area contributed by atoms with Crippen molar-refractivity contribution < 1.29 is 14.6 Å². The monoisotopic (exact) mass is 244 g/mol. The molecule has 0 saturated heterocycles. The number of methoxy groups -OCH3 is 1. The SMILES string of the molecule is CCCCCCCCCC[C@@H](O)CC(=O)OC. The summed E-state index contributed by atoms with van der Waals surface area (Å²) in [5, 5.41) is 9.52. The van der Waals surface area contributed by atoms with Gasteiger partial charge in [-0.3, -0.25) is 4.79 Å². The predicted octanol–water partition coefficient (Wildman–Crippen LogP) is 3.44. The largest absolute Gasteiger partial charge is 0.469 e. The van der Waals surface area contributed by atoms with E-state index in [0.717, 1.165) is 12.8 Å². The first kappa shape index (κ1) is 16.4. The third-order valence-corrected chi connectivity index (χ3v) is 3.02. The predicted molar refractivity (Wildman–Crippen MR) is 69.9 cm³/mol. The standard InChI is InChI=1S/C14H28O3/c1-3-4-5-6-7-8-9-10-11-13(15)12-14(16)17-2/h13,15H,3-12H2,1-2H3/t13-/m1/s1. The molecule has 0 amide bonds. The fourth-order valence-electron chi connectivity index (χ4n) is 1.89. The van der Waals surface area contributed by atoms with Crippen LogP contribution in [0.2, 0.25) is 0 Å². The maximum atomic E-state index is 10.9. The maximum Gasteiger partial charge on any atom is 0.308 e. The van der Waals surface area contributed by atoms with Crippen molar-refractivity contribution in [1.29, 1.82) is 0 Å². The molecule has 102 valence electrons. The number of carbonyl (C=O) groups excluding carboxylic acids is 1. The van der Waals surface area contributed by atoms with Crippen LogP contribution < -0.4 is 0 Å². The van der Waals surface area contributed by atoms with Gasteiger partial charge in [0.1, 0.15) is 0 Å². The van der Waals surface area contributed by atoms with Gasteiger partial charge in [-0.2, -0.15) is 0 Å². The van der Waals surface area contributed by atoms with E-state index in [1.807, 2.05) is 0 Å². The molecule has 0 radical (unpaired) electrons. The van der Waals surface area contributed by atoms with Gasteiger partial charge in [0.2, 0.25) is 0 Å². The van der Waals surface area contributed by atoms with E-state index >= 15 is 0 Å². The van der Waals surface area contributed by atoms with Crippen molar-refractivity contribution in [3.63, 3.8) is 0 Å². The van der Waals surface area contributed by atoms with Crippen LogP contribution in [0.3, 0.4) is 0 Å². The Balaban J connectivity index is 3.19. The van der Waals surface area contributed by atoms with E-state index in [0.29, 0.717) is 6.42 Å². The van der Waals surface area contributed by atoms with Crippen LogP contribution in [-0.4, -0.2) is 24.3 Å². The summed E-state index contributed by atoms with van der Waals surface area (Å²) < 4.78 is 4.50. The molecule has 0 aliphatic carbocycles. The lowest BCUT2D eigenvalue weighted by molar-refractivity contribution is -0.142. The van der Waals surface area contributed by atoms with Crippen molar-refractivity contribution in [1.82, 2.24) is 0 Å². The van der Waals surface area contributed by atoms with Gasteiger partial charge in [-0.05, 0) is 6.42 Å². The molecular formula is C14H28O3. The second kappa shape index (κ2) is 11.9. The normalized spacial score (nSPS) is 12.4. The Morgan fingerprint density at radius 3 is 2.12 bits per heavy atom. The molecule has 0 aliphatic rings. The smallest absolute Gasteiger partial charge is 0.308 e. The van der Waals surface area contributed by atoms with Crippen molar-refractivity contribution >= 4 is 5.97 Å². The van der Waals surface area contributed by atoms with Gasteiger partial charge in [-0.15, -0.1) is 0 Å². The molecule has 0 aromatic carbocycles. The Morgan fingerprint density at radius 2 is 1.59 bits per heavy atom. The molecule has 1 atom stereocenters. The zero-order valence-corrected chi connectivity index (χ0v) is 11.4. The summed E-state index contributed by atoms with van der Waals surface area (Å²) in [7, 11) is 1.35. The lowest BCUT2D eigenvalue weighted by Gasteiger charge is -2.08. The summed E-state index contributed by atoms with van der Waals surface area (Å²) in [5.74, 6) is -0.322. The molecule has 0 rings (SSSR count). The van der Waals surface area contributed by atoms with Crippen molar-refractivity contribution in [2.45, 2.75) is 77.2 Å². The zero-order chi connectivity index (χ0) is 12.9. The first-order chi connectivity index (χ1) is 8.20. The van der Waals surface area contributed by atoms with Gasteiger partial charge < -0.3 is 9.84 Å². The van der Waals surface area contributed by atoms with Gasteiger partial charge in [0.25, 0.3) is 0 Å². The lowest BCUT2D eigenvalue weighted by Crippen LogP contribution is -2.14. The minimum absolute atomic E-state index is 0.132. The Kier molecular flexibility index (Phi) is 11.5. The van der Waals surface area contributed by atoms with Crippen molar-refractivity contribution in [3.8, 4) is 0 Å². The molecule has 0 aromatic heterocycles. The van der Waals surface area contributed by atoms with Crippen LogP contribution in [0.5, 0.6) is 0 Å². The topological polar surface area (TPSA) is 46.5 Å². The van der Waals surface area contributed by atoms with Gasteiger partial charge in [-0.1, -0.05) is 58.3 Å². The van der Waals surface area contributed by atoms with E-state index in [-0.39, 0.29) is 12.4 Å². The number of rotatable bonds is 11. The quantitative estimate of drug-likeness (QED) is 0.447. The minimum Gasteiger partial charge on any atom is -0.469 e. The Bertz CT molecular complexity index is 180. The number of hydrogen-bond acceptors (Lipinski definition) is 3. The van der Waals surface area contributed by atoms with Crippen molar-refractivity contribution in [2.75, 3.05) is 7.11 Å². The Hall–Kier alpha value is -0.570. The molecular weight excluding hydrogens is 216 g/mol. The molecule has 3 nitrogen and oxygen atoms in total. The molecule has 17 heavy (non-hydrogen) atoms. The van der Waals surface area contributed by atoms with Crippen LogP contribution in [0.1, 0.15) is 71.1 Å². The number of aliphatic hydroxyl groups is 1. The number of aliphatic hydroxyl groups excluding tert-OH is 1. The number of unbranched alkanes of at least 4 members (excludes halogenated alkanes) is 7. The van der Waals surface area contributed by atoms with E-state index in [2.05, 4.69) is 11.7 Å². The molecule has 0 aromatic rings. The van der Waals surface area contributed by atoms with E-state index < -0.39 is 6.10 Å². The first-order valence-electron chi connectivity index (χ1n) is 6.95. The average Bonchev–Trinajstić information content (AvgIpc) is 2.32. The molecule has 0 spiro atoms. The molecule has 0 saturated carbocycles. The number of ether oxygens (including phenoxy) is 1. The summed E-state index contributed by atoms with van der Waals surface area (Å²) in [4.78, 5) is 10.9. The fraction of sp³-hybridized carbons (Fsp3) is 0.929. The van der Waals surface area contributed by atoms with Crippen molar-refractivity contribution in [2.24, 2.45) is 0 Å². The van der Waals surface area contributed by atoms with Gasteiger partial charge in [0, 0.05) is 0 Å². The highest BCUT2D eigenvalue weighted by atomic mass is 16.5. The molecule has 0 aliphatic heterocycles. The summed E-state index contributed by atoms with van der Waals surface area (Å²) in [6.45, 7) is 2.22. The number of esters is 1. The van der Waals surface area contributed by atoms with E-state index in [1.165, 1.54) is 45.6 Å². The molecule has 1 N–H and O–H groups in total. The summed E-state index contributed by atoms with van der Waals surface area (Å²) in [5.41, 5.74) is 0. The maximum absolute atomic E-state index is 10.9. The summed E-state index contributed by atoms with van der Waals surface area (Å²) in [6.07, 6.45) is 10.3. The van der Waals surface area contributed by atoms with Gasteiger partial charge >= 0.3 is 5.97 Å². The van der Waals surface area contributed by atoms with Crippen LogP contribution in [-0.2, 0) is 9.53 Å². The van der Waals surface area contributed by atoms with Crippen LogP contribution in [0.15, 0.2) is 0 Å². The van der Waals surface area contributed by atoms with Crippen LogP contribution in [0.25, 0.3) is 0 Å². The summed E-state index contributed by atoms with van der Waals surface area (Å²) >= 11 is 0. The van der Waals surface area contributed by atoms with Crippen LogP contribution >= 0.6 is 0 Å². The van der Waals surface area contributed by atoms with Gasteiger partial charge in [0.15, 0.2) is 0 Å². The Labute approximate surface area is 106 Å². The van der Waals surface area contributed by atoms with Gasteiger partial charge in [-0.25, -0.2) is 0 Å². The summed E-state index contributed by atoms with van der Waals surface area (Å²) in [6, 6.07) is 0. The molecule has 0 heterocycles. The third-order valence-electron chi connectivity index (χ3n) is 3.02. The average molecular weight is 244 g/mol. The number of hydrogen-bond donors (Lipinski definition) is 1. The second-order valence-electron chi connectivity index (χ2n) is 4.70. The lowest BCUT2D eigenvalue weighted by atomic mass is 10.0. The molecule has 0 bridgehead atoms. The van der Waals surface area contributed by atoms with Gasteiger partial charge in [0.05, 0.1) is 19.6 Å². The first-order valence-corrected chi connectivity index (χ1v) is 6.95. The highest BCUT2D eigenvalue weighted by molar-refractivity contribution is 5.69. The highest BCUT2D eigenvalue weighted by Gasteiger charge is 2.09. The molecule has 0 unspecified atom stereocenters. The second-order valence-corrected chi connectivity index (χ2v) is 4.70. The van der Waals surface area contributed by atoms with Crippen LogP contribution in [0, 0.1) is 0 Å². The molecule has 0 fully saturated rings. The number of carbonyl (C=O) groups is 1. The Morgan fingerprint density at radius 1 is 1.06 bits per heavy atom. The van der Waals surface area contributed by atoms with Crippen LogP contribution in [0.4, 0.5) is 0 Å². The highest BCUT2D eigenvalue weighted by Crippen LogP contribution is 2.11. The third kappa shape index (κ3) is 11.7. The fourth-order valence-corrected chi connectivity index (χ4v) is 1.89. The zero-order valence-electron chi connectivity index (χ0n) is 11.4. The molecule has 3 heteroatoms. The van der Waals surface area contributed by atoms with Crippen molar-refractivity contribution in [3.05, 3.63) is 0 Å².